The topological polar surface area (TPSA) is 128 Å². The summed E-state index contributed by atoms with van der Waals surface area (Å²) in [6.45, 7) is 1.20. The Bertz CT molecular complexity index is 1830. The number of urea groups is 1. The standard InChI is InChI=1S/C41H44N6O4/c48-38(44-29-41(21-10-22-41)34-15-8-3-9-16-34)27-47(26-32-17-19-36(20-18-32)51-28-33-13-6-2-7-14-33)39(49)37(23-35-25-42-30-45-35)46-40(50)43-24-31-11-4-1-5-12-31/h1-9,11-20,25,30,37H,10,21-24,26-29H2,(H,42,45)(H,44,48)(H2,43,46,50). The molecule has 1 saturated carbocycles. The second-order valence-electron chi connectivity index (χ2n) is 13.0. The molecule has 4 N–H and O–H groups in total. The molecule has 4 amide bonds. The van der Waals surface area contributed by atoms with Crippen molar-refractivity contribution in [3.63, 3.8) is 0 Å². The van der Waals surface area contributed by atoms with E-state index in [1.54, 1.807) is 6.20 Å². The second-order valence-corrected chi connectivity index (χ2v) is 13.0. The van der Waals surface area contributed by atoms with Gasteiger partial charge in [-0.3, -0.25) is 9.59 Å². The highest BCUT2D eigenvalue weighted by Gasteiger charge is 2.39. The van der Waals surface area contributed by atoms with E-state index in [2.05, 4.69) is 38.1 Å². The van der Waals surface area contributed by atoms with Crippen LogP contribution >= 0.6 is 0 Å². The number of carbonyl (C=O) groups excluding carboxylic acids is 3. The van der Waals surface area contributed by atoms with Gasteiger partial charge in [-0.15, -0.1) is 0 Å². The highest BCUT2D eigenvalue weighted by atomic mass is 16.5. The minimum atomic E-state index is -0.968. The van der Waals surface area contributed by atoms with Gasteiger partial charge in [-0.05, 0) is 47.2 Å². The summed E-state index contributed by atoms with van der Waals surface area (Å²) in [5.41, 5.74) is 4.59. The van der Waals surface area contributed by atoms with Crippen LogP contribution in [0.2, 0.25) is 0 Å². The Morgan fingerprint density at radius 1 is 0.804 bits per heavy atom. The lowest BCUT2D eigenvalue weighted by molar-refractivity contribution is -0.138. The molecular weight excluding hydrogens is 640 g/mol. The van der Waals surface area contributed by atoms with E-state index < -0.39 is 12.1 Å². The number of rotatable bonds is 16. The van der Waals surface area contributed by atoms with E-state index in [1.165, 1.54) is 16.8 Å². The number of imidazole rings is 1. The van der Waals surface area contributed by atoms with Gasteiger partial charge in [-0.2, -0.15) is 0 Å². The number of amides is 4. The fraction of sp³-hybridized carbons (Fsp3) is 0.268. The lowest BCUT2D eigenvalue weighted by Gasteiger charge is -2.42. The van der Waals surface area contributed by atoms with E-state index in [4.69, 9.17) is 4.74 Å². The maximum Gasteiger partial charge on any atom is 0.315 e. The smallest absolute Gasteiger partial charge is 0.315 e. The maximum absolute atomic E-state index is 14.4. The number of aromatic amines is 1. The predicted molar refractivity (Wildman–Crippen MR) is 196 cm³/mol. The average Bonchev–Trinajstić information content (AvgIpc) is 3.67. The zero-order valence-electron chi connectivity index (χ0n) is 28.6. The van der Waals surface area contributed by atoms with Crippen molar-refractivity contribution in [1.29, 1.82) is 0 Å². The normalized spacial score (nSPS) is 13.6. The second kappa shape index (κ2) is 17.2. The van der Waals surface area contributed by atoms with Crippen LogP contribution in [0.4, 0.5) is 4.79 Å². The van der Waals surface area contributed by atoms with E-state index in [9.17, 15) is 14.4 Å². The van der Waals surface area contributed by atoms with E-state index in [0.29, 0.717) is 31.1 Å². The molecule has 5 aromatic rings. The van der Waals surface area contributed by atoms with Crippen LogP contribution in [0.25, 0.3) is 0 Å². The molecule has 6 rings (SSSR count). The van der Waals surface area contributed by atoms with Crippen LogP contribution in [-0.2, 0) is 41.1 Å². The predicted octanol–water partition coefficient (Wildman–Crippen LogP) is 5.67. The molecule has 1 unspecified atom stereocenters. The number of ether oxygens (including phenoxy) is 1. The molecule has 1 aliphatic carbocycles. The molecular formula is C41H44N6O4. The number of hydrogen-bond donors (Lipinski definition) is 4. The van der Waals surface area contributed by atoms with Crippen LogP contribution < -0.4 is 20.7 Å². The monoisotopic (exact) mass is 684 g/mol. The van der Waals surface area contributed by atoms with E-state index in [1.807, 2.05) is 103 Å². The summed E-state index contributed by atoms with van der Waals surface area (Å²) in [6.07, 6.45) is 6.41. The van der Waals surface area contributed by atoms with Gasteiger partial charge in [0.2, 0.25) is 11.8 Å². The Balaban J connectivity index is 1.17. The van der Waals surface area contributed by atoms with Crippen LogP contribution in [-0.4, -0.2) is 51.8 Å². The first-order chi connectivity index (χ1) is 25.0. The largest absolute Gasteiger partial charge is 0.489 e. The summed E-state index contributed by atoms with van der Waals surface area (Å²) in [5.74, 6) is 0.0430. The van der Waals surface area contributed by atoms with Crippen molar-refractivity contribution < 1.29 is 19.1 Å². The number of nitrogens with zero attached hydrogens (tertiary/aromatic N) is 2. The first-order valence-corrected chi connectivity index (χ1v) is 17.4. The molecule has 0 radical (unpaired) electrons. The number of benzene rings is 4. The molecule has 0 bridgehead atoms. The van der Waals surface area contributed by atoms with E-state index >= 15 is 0 Å². The van der Waals surface area contributed by atoms with E-state index in [-0.39, 0.29) is 36.7 Å². The van der Waals surface area contributed by atoms with Crippen molar-refractivity contribution in [3.05, 3.63) is 156 Å². The van der Waals surface area contributed by atoms with Crippen LogP contribution in [0, 0.1) is 0 Å². The van der Waals surface area contributed by atoms with Crippen molar-refractivity contribution in [2.75, 3.05) is 13.1 Å². The summed E-state index contributed by atoms with van der Waals surface area (Å²) >= 11 is 0. The lowest BCUT2D eigenvalue weighted by atomic mass is 9.64. The van der Waals surface area contributed by atoms with Gasteiger partial charge < -0.3 is 30.6 Å². The zero-order chi connectivity index (χ0) is 35.3. The lowest BCUT2D eigenvalue weighted by Crippen LogP contribution is -2.54. The van der Waals surface area contributed by atoms with Gasteiger partial charge >= 0.3 is 6.03 Å². The number of H-pyrrole nitrogens is 1. The summed E-state index contributed by atoms with van der Waals surface area (Å²) in [6, 6.07) is 35.8. The van der Waals surface area contributed by atoms with Crippen molar-refractivity contribution in [2.24, 2.45) is 0 Å². The molecule has 1 aromatic heterocycles. The molecule has 1 heterocycles. The van der Waals surface area contributed by atoms with Crippen molar-refractivity contribution in [3.8, 4) is 5.75 Å². The first kappa shape index (κ1) is 34.9. The molecule has 0 saturated heterocycles. The van der Waals surface area contributed by atoms with Crippen LogP contribution in [0.3, 0.4) is 0 Å². The molecule has 0 spiro atoms. The van der Waals surface area contributed by atoms with Crippen LogP contribution in [0.5, 0.6) is 5.75 Å². The molecule has 10 nitrogen and oxygen atoms in total. The quantitative estimate of drug-likeness (QED) is 0.107. The molecule has 10 heteroatoms. The summed E-state index contributed by atoms with van der Waals surface area (Å²) in [5, 5.41) is 8.84. The fourth-order valence-corrected chi connectivity index (χ4v) is 6.35. The van der Waals surface area contributed by atoms with Crippen molar-refractivity contribution >= 4 is 17.8 Å². The molecule has 1 atom stereocenters. The van der Waals surface area contributed by atoms with Gasteiger partial charge in [0.05, 0.1) is 12.9 Å². The molecule has 262 valence electrons. The number of nitrogens with one attached hydrogen (secondary N) is 4. The molecule has 1 aliphatic rings. The first-order valence-electron chi connectivity index (χ1n) is 17.4. The Hall–Kier alpha value is -5.90. The zero-order valence-corrected chi connectivity index (χ0v) is 28.6. The Labute approximate surface area is 298 Å². The maximum atomic E-state index is 14.4. The van der Waals surface area contributed by atoms with Crippen LogP contribution in [0.1, 0.15) is 47.2 Å². The number of carbonyl (C=O) groups is 3. The Morgan fingerprint density at radius 3 is 2.10 bits per heavy atom. The number of aromatic nitrogens is 2. The van der Waals surface area contributed by atoms with Gasteiger partial charge in [-0.1, -0.05) is 110 Å². The third kappa shape index (κ3) is 9.85. The highest BCUT2D eigenvalue weighted by Crippen LogP contribution is 2.43. The summed E-state index contributed by atoms with van der Waals surface area (Å²) < 4.78 is 5.97. The number of hydrogen-bond acceptors (Lipinski definition) is 5. The third-order valence-corrected chi connectivity index (χ3v) is 9.39. The Morgan fingerprint density at radius 2 is 1.47 bits per heavy atom. The fourth-order valence-electron chi connectivity index (χ4n) is 6.35. The van der Waals surface area contributed by atoms with Gasteiger partial charge in [0.15, 0.2) is 0 Å². The van der Waals surface area contributed by atoms with Gasteiger partial charge in [-0.25, -0.2) is 9.78 Å². The average molecular weight is 685 g/mol. The highest BCUT2D eigenvalue weighted by molar-refractivity contribution is 5.90. The molecule has 4 aromatic carbocycles. The van der Waals surface area contributed by atoms with Crippen LogP contribution in [0.15, 0.2) is 128 Å². The minimum absolute atomic E-state index is 0.108. The molecule has 1 fully saturated rings. The summed E-state index contributed by atoms with van der Waals surface area (Å²) in [4.78, 5) is 49.8. The van der Waals surface area contributed by atoms with Gasteiger partial charge in [0.25, 0.3) is 0 Å². The van der Waals surface area contributed by atoms with Crippen molar-refractivity contribution in [1.82, 2.24) is 30.8 Å². The SMILES string of the molecule is O=C(CN(Cc1ccc(OCc2ccccc2)cc1)C(=O)C(Cc1cnc[nH]1)NC(=O)NCc1ccccc1)NCC1(c2ccccc2)CCC1. The van der Waals surface area contributed by atoms with Crippen molar-refractivity contribution in [2.45, 2.75) is 56.8 Å². The third-order valence-electron chi connectivity index (χ3n) is 9.39. The summed E-state index contributed by atoms with van der Waals surface area (Å²) in [7, 11) is 0. The van der Waals surface area contributed by atoms with Gasteiger partial charge in [0.1, 0.15) is 18.4 Å². The molecule has 51 heavy (non-hydrogen) atoms. The van der Waals surface area contributed by atoms with Gasteiger partial charge in [0, 0.05) is 43.4 Å². The minimum Gasteiger partial charge on any atom is -0.489 e. The Kier molecular flexibility index (Phi) is 11.8. The molecule has 0 aliphatic heterocycles. The van der Waals surface area contributed by atoms with E-state index in [0.717, 1.165) is 36.0 Å².